The Morgan fingerprint density at radius 1 is 1.21 bits per heavy atom. The van der Waals surface area contributed by atoms with Gasteiger partial charge in [0.05, 0.1) is 25.3 Å². The standard InChI is InChI=1S/C24H25IN3O2P.CH4O/c1-18(30-31-25)24-26-13-15-28(24)14-2-3-19-4-6-20(7-5-19)21-8-10-22(11-9-21)27-23-12-16-29-17-23;1-2/h4-11,13-15,18,23-24,26,31H,12,16-17H2,1H3;2H,1H3/p+1. The maximum atomic E-state index is 7.00. The number of benzene rings is 2. The van der Waals surface area contributed by atoms with Crippen molar-refractivity contribution in [2.24, 2.45) is 0 Å². The number of aliphatic hydroxyl groups is 1. The number of hydrogen-bond donors (Lipinski definition) is 3. The second-order valence-corrected chi connectivity index (χ2v) is 9.24. The largest absolute Gasteiger partial charge is 0.400 e. The van der Waals surface area contributed by atoms with E-state index in [9.17, 15) is 0 Å². The van der Waals surface area contributed by atoms with E-state index in [0.29, 0.717) is 12.5 Å². The molecule has 0 saturated carbocycles. The molecule has 0 radical (unpaired) electrons. The average molecular weight is 578 g/mol. The first kappa shape index (κ1) is 25.7. The molecule has 4 unspecified atom stereocenters. The van der Waals surface area contributed by atoms with Gasteiger partial charge in [0, 0.05) is 25.0 Å². The normalized spacial score (nSPS) is 21.3. The van der Waals surface area contributed by atoms with Gasteiger partial charge in [-0.2, -0.15) is 4.58 Å². The van der Waals surface area contributed by atoms with Gasteiger partial charge in [-0.05, 0) is 76.7 Å². The molecular formula is C25H30IN3O3P+. The van der Waals surface area contributed by atoms with E-state index in [2.05, 4.69) is 105 Å². The van der Waals surface area contributed by atoms with Crippen LogP contribution in [0.4, 0.5) is 5.69 Å². The van der Waals surface area contributed by atoms with E-state index >= 15 is 0 Å². The lowest BCUT2D eigenvalue weighted by Gasteiger charge is -2.14. The van der Waals surface area contributed by atoms with Crippen molar-refractivity contribution < 1.29 is 18.9 Å². The lowest BCUT2D eigenvalue weighted by Crippen LogP contribution is -2.39. The van der Waals surface area contributed by atoms with Crippen molar-refractivity contribution in [2.75, 3.05) is 25.6 Å². The fraction of sp³-hybridized carbons (Fsp3) is 0.320. The summed E-state index contributed by atoms with van der Waals surface area (Å²) >= 11 is 2.24. The highest BCUT2D eigenvalue weighted by atomic mass is 127. The predicted octanol–water partition coefficient (Wildman–Crippen LogP) is 4.35. The summed E-state index contributed by atoms with van der Waals surface area (Å²) in [7, 11) is 1.00. The van der Waals surface area contributed by atoms with Crippen LogP contribution >= 0.6 is 28.5 Å². The van der Waals surface area contributed by atoms with Crippen LogP contribution in [0, 0.1) is 11.8 Å². The van der Waals surface area contributed by atoms with Crippen LogP contribution in [0.3, 0.4) is 0 Å². The van der Waals surface area contributed by atoms with E-state index in [0.717, 1.165) is 38.0 Å². The average Bonchev–Trinajstić information content (AvgIpc) is 3.54. The van der Waals surface area contributed by atoms with Gasteiger partial charge in [-0.25, -0.2) is 0 Å². The number of aliphatic hydroxyl groups excluding tert-OH is 1. The molecule has 1 saturated heterocycles. The fourth-order valence-electron chi connectivity index (χ4n) is 3.62. The molecule has 0 aromatic heterocycles. The molecule has 0 amide bonds. The number of ether oxygens (including phenoxy) is 1. The zero-order chi connectivity index (χ0) is 23.5. The SMILES string of the molecule is CC(OPI)C1NC=C/[N+]1=C/C#Cc1ccc(-c2ccc(NC3CCOC3)cc2)cc1.CO. The van der Waals surface area contributed by atoms with Gasteiger partial charge in [-0.3, -0.25) is 0 Å². The van der Waals surface area contributed by atoms with Crippen LogP contribution in [-0.2, 0) is 9.26 Å². The van der Waals surface area contributed by atoms with Crippen molar-refractivity contribution in [3.63, 3.8) is 0 Å². The number of nitrogens with zero attached hydrogens (tertiary/aromatic N) is 1. The molecule has 33 heavy (non-hydrogen) atoms. The quantitative estimate of drug-likeness (QED) is 0.206. The van der Waals surface area contributed by atoms with Crippen LogP contribution < -0.4 is 10.6 Å². The Kier molecular flexibility index (Phi) is 10.6. The molecule has 0 spiro atoms. The smallest absolute Gasteiger partial charge is 0.258 e. The van der Waals surface area contributed by atoms with E-state index in [4.69, 9.17) is 14.4 Å². The first-order valence-electron chi connectivity index (χ1n) is 10.8. The van der Waals surface area contributed by atoms with Gasteiger partial charge in [0.2, 0.25) is 6.21 Å². The molecule has 1 fully saturated rings. The number of hydrogen-bond acceptors (Lipinski definition) is 5. The van der Waals surface area contributed by atoms with Gasteiger partial charge < -0.3 is 25.0 Å². The zero-order valence-electron chi connectivity index (χ0n) is 18.8. The minimum atomic E-state index is 0.0793. The molecule has 2 aliphatic rings. The van der Waals surface area contributed by atoms with Crippen LogP contribution in [-0.4, -0.2) is 54.5 Å². The number of nitrogens with one attached hydrogen (secondary N) is 2. The third-order valence-corrected chi connectivity index (χ3v) is 6.57. The predicted molar refractivity (Wildman–Crippen MR) is 145 cm³/mol. The first-order chi connectivity index (χ1) is 16.2. The molecule has 2 heterocycles. The summed E-state index contributed by atoms with van der Waals surface area (Å²) in [5.41, 5.74) is 4.51. The van der Waals surface area contributed by atoms with Crippen molar-refractivity contribution in [1.29, 1.82) is 0 Å². The molecule has 6 nitrogen and oxygen atoms in total. The van der Waals surface area contributed by atoms with Crippen LogP contribution in [0.25, 0.3) is 11.1 Å². The highest BCUT2D eigenvalue weighted by Gasteiger charge is 2.29. The molecular weight excluding hydrogens is 548 g/mol. The van der Waals surface area contributed by atoms with Gasteiger partial charge >= 0.3 is 0 Å². The topological polar surface area (TPSA) is 65.8 Å². The highest BCUT2D eigenvalue weighted by Crippen LogP contribution is 2.26. The third-order valence-electron chi connectivity index (χ3n) is 5.34. The van der Waals surface area contributed by atoms with Gasteiger partial charge in [-0.1, -0.05) is 30.2 Å². The van der Waals surface area contributed by atoms with Crippen molar-refractivity contribution in [3.05, 3.63) is 66.5 Å². The van der Waals surface area contributed by atoms with Crippen molar-refractivity contribution in [2.45, 2.75) is 31.7 Å². The summed E-state index contributed by atoms with van der Waals surface area (Å²) in [4.78, 5) is 0. The van der Waals surface area contributed by atoms with E-state index in [1.807, 2.05) is 18.6 Å². The Hall–Kier alpha value is -1.95. The fourth-order valence-corrected chi connectivity index (χ4v) is 5.09. The Morgan fingerprint density at radius 3 is 2.55 bits per heavy atom. The molecule has 4 rings (SSSR count). The Morgan fingerprint density at radius 2 is 1.91 bits per heavy atom. The number of rotatable bonds is 6. The molecule has 2 aliphatic heterocycles. The van der Waals surface area contributed by atoms with E-state index < -0.39 is 0 Å². The molecule has 0 aliphatic carbocycles. The van der Waals surface area contributed by atoms with Gasteiger partial charge in [0.25, 0.3) is 6.17 Å². The van der Waals surface area contributed by atoms with Crippen molar-refractivity contribution >= 4 is 40.4 Å². The third kappa shape index (κ3) is 7.53. The van der Waals surface area contributed by atoms with Crippen LogP contribution in [0.15, 0.2) is 60.9 Å². The monoisotopic (exact) mass is 578 g/mol. The summed E-state index contributed by atoms with van der Waals surface area (Å²) in [6, 6.07) is 17.4. The van der Waals surface area contributed by atoms with Gasteiger partial charge in [0.1, 0.15) is 6.10 Å². The molecule has 4 atom stereocenters. The lowest BCUT2D eigenvalue weighted by molar-refractivity contribution is -0.499. The second-order valence-electron chi connectivity index (χ2n) is 7.53. The van der Waals surface area contributed by atoms with E-state index in [1.165, 1.54) is 11.1 Å². The summed E-state index contributed by atoms with van der Waals surface area (Å²) in [6.45, 7) is 4.14. The van der Waals surface area contributed by atoms with E-state index in [-0.39, 0.29) is 12.3 Å². The van der Waals surface area contributed by atoms with E-state index in [1.54, 1.807) is 0 Å². The molecule has 8 heteroatoms. The minimum absolute atomic E-state index is 0.0793. The maximum absolute atomic E-state index is 7.00. The lowest BCUT2D eigenvalue weighted by atomic mass is 10.0. The van der Waals surface area contributed by atoms with Crippen molar-refractivity contribution in [3.8, 4) is 23.0 Å². The zero-order valence-corrected chi connectivity index (χ0v) is 22.0. The minimum Gasteiger partial charge on any atom is -0.400 e. The van der Waals surface area contributed by atoms with Crippen LogP contribution in [0.2, 0.25) is 0 Å². The number of anilines is 1. The van der Waals surface area contributed by atoms with Crippen molar-refractivity contribution in [1.82, 2.24) is 5.32 Å². The maximum Gasteiger partial charge on any atom is 0.258 e. The summed E-state index contributed by atoms with van der Waals surface area (Å²) in [5, 5.41) is 13.8. The van der Waals surface area contributed by atoms with Crippen LogP contribution in [0.1, 0.15) is 18.9 Å². The molecule has 2 aromatic carbocycles. The molecule has 0 bridgehead atoms. The van der Waals surface area contributed by atoms with Gasteiger partial charge in [-0.15, -0.1) is 0 Å². The highest BCUT2D eigenvalue weighted by molar-refractivity contribution is 14.2. The van der Waals surface area contributed by atoms with Crippen LogP contribution in [0.5, 0.6) is 0 Å². The summed E-state index contributed by atoms with van der Waals surface area (Å²) in [5.74, 6) is 6.38. The second kappa shape index (κ2) is 13.7. The summed E-state index contributed by atoms with van der Waals surface area (Å²) < 4.78 is 13.2. The number of halogens is 1. The van der Waals surface area contributed by atoms with Gasteiger partial charge in [0.15, 0.2) is 6.20 Å². The summed E-state index contributed by atoms with van der Waals surface area (Å²) in [6.07, 6.45) is 7.03. The first-order valence-corrected chi connectivity index (χ1v) is 14.8. The molecule has 3 N–H and O–H groups in total. The Balaban J connectivity index is 0.00000149. The molecule has 2 aromatic rings. The Labute approximate surface area is 210 Å². The molecule has 174 valence electrons. The Bertz CT molecular complexity index is 994.